The van der Waals surface area contributed by atoms with Crippen LogP contribution in [-0.2, 0) is 45.7 Å². The molecule has 0 spiro atoms. The molecule has 2 aromatic carbocycles. The minimum Gasteiger partial charge on any atom is -0.464 e. The van der Waals surface area contributed by atoms with Gasteiger partial charge >= 0.3 is 18.0 Å². The summed E-state index contributed by atoms with van der Waals surface area (Å²) in [4.78, 5) is 63.4. The van der Waals surface area contributed by atoms with Crippen LogP contribution in [0.15, 0.2) is 59.1 Å². The average molecular weight is 723 g/mol. The molecule has 0 fully saturated rings. The van der Waals surface area contributed by atoms with Crippen molar-refractivity contribution >= 4 is 57.5 Å². The highest BCUT2D eigenvalue weighted by molar-refractivity contribution is 9.10. The third kappa shape index (κ3) is 16.6. The topological polar surface area (TPSA) is 149 Å². The first-order chi connectivity index (χ1) is 22.2. The third-order valence-electron chi connectivity index (χ3n) is 6.48. The molecule has 0 aromatic heterocycles. The number of thioether (sulfide) groups is 1. The summed E-state index contributed by atoms with van der Waals surface area (Å²) in [6.07, 6.45) is 1.95. The quantitative estimate of drug-likeness (QED) is 0.0915. The van der Waals surface area contributed by atoms with Crippen molar-refractivity contribution in [3.05, 3.63) is 70.2 Å². The summed E-state index contributed by atoms with van der Waals surface area (Å²) >= 11 is 4.85. The predicted molar refractivity (Wildman–Crippen MR) is 180 cm³/mol. The van der Waals surface area contributed by atoms with Crippen LogP contribution >= 0.6 is 27.7 Å². The van der Waals surface area contributed by atoms with E-state index >= 15 is 0 Å². The molecule has 46 heavy (non-hydrogen) atoms. The fourth-order valence-electron chi connectivity index (χ4n) is 3.84. The predicted octanol–water partition coefficient (Wildman–Crippen LogP) is 5.05. The molecule has 0 saturated heterocycles. The molecule has 2 rings (SSSR count). The highest BCUT2D eigenvalue weighted by atomic mass is 79.9. The largest absolute Gasteiger partial charge is 0.464 e. The number of esters is 2. The molecule has 11 nitrogen and oxygen atoms in total. The lowest BCUT2D eigenvalue weighted by Gasteiger charge is -2.20. The van der Waals surface area contributed by atoms with E-state index in [1.54, 1.807) is 12.1 Å². The lowest BCUT2D eigenvalue weighted by Crippen LogP contribution is -2.50. The molecule has 0 aliphatic carbocycles. The number of rotatable bonds is 21. The summed E-state index contributed by atoms with van der Waals surface area (Å²) in [5.74, 6) is -1.48. The minimum absolute atomic E-state index is 0.00558. The lowest BCUT2D eigenvalue weighted by molar-refractivity contribution is -0.146. The van der Waals surface area contributed by atoms with Crippen LogP contribution in [-0.4, -0.2) is 67.4 Å². The van der Waals surface area contributed by atoms with Crippen molar-refractivity contribution < 1.29 is 38.2 Å². The summed E-state index contributed by atoms with van der Waals surface area (Å²) in [5, 5.41) is 7.75. The number of amides is 3. The Morgan fingerprint density at radius 3 is 2.15 bits per heavy atom. The fourth-order valence-corrected chi connectivity index (χ4v) is 5.12. The molecule has 2 unspecified atom stereocenters. The number of nitrogens with one attached hydrogen (secondary N) is 3. The molecule has 252 valence electrons. The molecule has 13 heteroatoms. The number of carbonyl (C=O) groups excluding carboxylic acids is 5. The van der Waals surface area contributed by atoms with Gasteiger partial charge < -0.3 is 30.2 Å². The van der Waals surface area contributed by atoms with E-state index in [1.807, 2.05) is 56.3 Å². The Labute approximate surface area is 283 Å². The summed E-state index contributed by atoms with van der Waals surface area (Å²) in [7, 11) is 0. The second-order valence-corrected chi connectivity index (χ2v) is 12.3. The molecule has 2 atom stereocenters. The number of alkyl carbamates (subject to hydrolysis) is 1. The lowest BCUT2D eigenvalue weighted by atomic mass is 10.1. The zero-order valence-electron chi connectivity index (χ0n) is 26.4. The second-order valence-electron chi connectivity index (χ2n) is 10.4. The Balaban J connectivity index is 1.99. The van der Waals surface area contributed by atoms with Gasteiger partial charge in [-0.05, 0) is 42.5 Å². The number of carbonyl (C=O) groups is 5. The van der Waals surface area contributed by atoms with E-state index in [2.05, 4.69) is 31.9 Å². The van der Waals surface area contributed by atoms with E-state index in [9.17, 15) is 24.0 Å². The first kappa shape index (κ1) is 38.6. The number of halogens is 1. The first-order valence-corrected chi connectivity index (χ1v) is 17.3. The molecule has 0 radical (unpaired) electrons. The number of hydrogen-bond acceptors (Lipinski definition) is 9. The van der Waals surface area contributed by atoms with E-state index < -0.39 is 41.9 Å². The molecule has 2 aromatic rings. The maximum atomic E-state index is 13.0. The van der Waals surface area contributed by atoms with Gasteiger partial charge in [0.05, 0.1) is 13.2 Å². The van der Waals surface area contributed by atoms with Gasteiger partial charge in [-0.25, -0.2) is 9.59 Å². The summed E-state index contributed by atoms with van der Waals surface area (Å²) in [5.41, 5.74) is 1.81. The zero-order valence-corrected chi connectivity index (χ0v) is 28.8. The number of benzene rings is 2. The Hall–Kier alpha value is -3.58. The van der Waals surface area contributed by atoms with Crippen molar-refractivity contribution in [2.75, 3.05) is 25.5 Å². The summed E-state index contributed by atoms with van der Waals surface area (Å²) in [6, 6.07) is 14.7. The molecular weight excluding hydrogens is 678 g/mol. The highest BCUT2D eigenvalue weighted by Crippen LogP contribution is 2.17. The Morgan fingerprint density at radius 2 is 1.48 bits per heavy atom. The van der Waals surface area contributed by atoms with Crippen molar-refractivity contribution in [2.45, 2.75) is 76.8 Å². The Bertz CT molecular complexity index is 1230. The summed E-state index contributed by atoms with van der Waals surface area (Å²) < 4.78 is 16.6. The normalized spacial score (nSPS) is 11.9. The Morgan fingerprint density at radius 1 is 0.804 bits per heavy atom. The van der Waals surface area contributed by atoms with Gasteiger partial charge in [-0.15, -0.1) is 0 Å². The van der Waals surface area contributed by atoms with Crippen molar-refractivity contribution in [3.63, 3.8) is 0 Å². The molecule has 0 saturated carbocycles. The second kappa shape index (κ2) is 22.8. The number of ether oxygens (including phenoxy) is 3. The van der Waals surface area contributed by atoms with Gasteiger partial charge in [-0.1, -0.05) is 85.1 Å². The van der Waals surface area contributed by atoms with Crippen molar-refractivity contribution in [1.29, 1.82) is 0 Å². The van der Waals surface area contributed by atoms with Crippen LogP contribution in [0.5, 0.6) is 0 Å². The van der Waals surface area contributed by atoms with Crippen molar-refractivity contribution in [3.8, 4) is 0 Å². The maximum absolute atomic E-state index is 13.0. The van der Waals surface area contributed by atoms with Crippen LogP contribution in [0.25, 0.3) is 0 Å². The van der Waals surface area contributed by atoms with E-state index in [4.69, 9.17) is 14.2 Å². The summed E-state index contributed by atoms with van der Waals surface area (Å²) in [6.45, 7) is 4.05. The zero-order chi connectivity index (χ0) is 33.6. The van der Waals surface area contributed by atoms with Gasteiger partial charge in [0.2, 0.25) is 11.8 Å². The van der Waals surface area contributed by atoms with Crippen LogP contribution in [0.4, 0.5) is 4.79 Å². The smallest absolute Gasteiger partial charge is 0.408 e. The van der Waals surface area contributed by atoms with Crippen LogP contribution in [0.2, 0.25) is 0 Å². The van der Waals surface area contributed by atoms with E-state index in [0.29, 0.717) is 12.2 Å². The molecule has 3 amide bonds. The van der Waals surface area contributed by atoms with Crippen LogP contribution in [0.1, 0.15) is 63.5 Å². The van der Waals surface area contributed by atoms with Gasteiger partial charge in [0, 0.05) is 22.4 Å². The van der Waals surface area contributed by atoms with E-state index in [1.165, 1.54) is 11.8 Å². The maximum Gasteiger partial charge on any atom is 0.408 e. The molecule has 0 aliphatic rings. The van der Waals surface area contributed by atoms with Gasteiger partial charge in [-0.2, -0.15) is 11.8 Å². The first-order valence-electron chi connectivity index (χ1n) is 15.4. The van der Waals surface area contributed by atoms with Gasteiger partial charge in [0.1, 0.15) is 25.2 Å². The number of unbranched alkanes of at least 4 members (excludes halogenated alkanes) is 2. The van der Waals surface area contributed by atoms with Crippen molar-refractivity contribution in [1.82, 2.24) is 16.0 Å². The standard InChI is InChI=1S/C33H44BrN3O8S/c1-3-5-18-43-30(39)20-35-31(40)28(23-46-22-25-12-14-26(34)15-13-25)36-29(38)17-16-27(32(41)44-19-6-4-2)37-33(42)45-21-24-10-8-7-9-11-24/h7-15,27-28H,3-6,16-23H2,1-2H3,(H,35,40)(H,36,38)(H,37,42). The Kier molecular flexibility index (Phi) is 19.2. The highest BCUT2D eigenvalue weighted by Gasteiger charge is 2.26. The molecular formula is C33H44BrN3O8S. The molecule has 3 N–H and O–H groups in total. The SMILES string of the molecule is CCCCOC(=O)CNC(=O)C(CSCc1ccc(Br)cc1)NC(=O)CCC(NC(=O)OCc1ccccc1)C(=O)OCCCC. The van der Waals surface area contributed by atoms with Gasteiger partial charge in [-0.3, -0.25) is 14.4 Å². The van der Waals surface area contributed by atoms with Crippen LogP contribution in [0, 0.1) is 0 Å². The van der Waals surface area contributed by atoms with E-state index in [0.717, 1.165) is 34.9 Å². The van der Waals surface area contributed by atoms with Crippen molar-refractivity contribution in [2.24, 2.45) is 0 Å². The van der Waals surface area contributed by atoms with Crippen LogP contribution < -0.4 is 16.0 Å². The third-order valence-corrected chi connectivity index (χ3v) is 8.11. The van der Waals surface area contributed by atoms with E-state index in [-0.39, 0.29) is 45.0 Å². The molecule has 0 aliphatic heterocycles. The molecule has 0 heterocycles. The number of hydrogen-bond donors (Lipinski definition) is 3. The van der Waals surface area contributed by atoms with Gasteiger partial charge in [0.15, 0.2) is 0 Å². The minimum atomic E-state index is -1.14. The van der Waals surface area contributed by atoms with Crippen LogP contribution in [0.3, 0.4) is 0 Å². The average Bonchev–Trinajstić information content (AvgIpc) is 3.05. The fraction of sp³-hybridized carbons (Fsp3) is 0.485. The van der Waals surface area contributed by atoms with Gasteiger partial charge in [0.25, 0.3) is 0 Å². The molecule has 0 bridgehead atoms. The monoisotopic (exact) mass is 721 g/mol.